The molecule has 2 aromatic carbocycles. The van der Waals surface area contributed by atoms with Gasteiger partial charge in [0.15, 0.2) is 0 Å². The Morgan fingerprint density at radius 1 is 0.649 bits per heavy atom. The fraction of sp³-hybridized carbons (Fsp3) is 0.379. The van der Waals surface area contributed by atoms with E-state index in [-0.39, 0.29) is 0 Å². The molecular weight excluding hydrogens is 866 g/mol. The summed E-state index contributed by atoms with van der Waals surface area (Å²) in [5, 5.41) is 16.5. The summed E-state index contributed by atoms with van der Waals surface area (Å²) in [7, 11) is -16.9. The van der Waals surface area contributed by atoms with Crippen molar-refractivity contribution in [2.45, 2.75) is 38.8 Å². The van der Waals surface area contributed by atoms with Crippen molar-refractivity contribution in [3.05, 3.63) is 58.6 Å². The van der Waals surface area contributed by atoms with E-state index in [1.165, 1.54) is 25.7 Å². The largest absolute Gasteiger partial charge is 0.507 e. The minimum absolute atomic E-state index is 0.417. The van der Waals surface area contributed by atoms with Gasteiger partial charge in [-0.3, -0.25) is 9.80 Å². The molecule has 0 spiro atoms. The zero-order valence-corrected chi connectivity index (χ0v) is 34.3. The molecule has 0 radical (unpaired) electrons. The molecule has 4 heterocycles. The standard InChI is InChI=1S/C29H32ClN5O2.4H3O4P/c1-37-26-9-8-24-28(33-26)27(23-7-6-21(30)16-25(23)32-24)31-22-14-19(17-34-10-2-3-11-34)29(36)20(15-22)18-35-12-4-5-13-35;4*1-5(2,3)4/h6-9,14-16,36H,2-5,10-13,17-18H2,1H3,(H,31,32);4*(H3,1,2,3,4). The number of pyridine rings is 2. The Labute approximate surface area is 329 Å². The zero-order valence-electron chi connectivity index (χ0n) is 29.9. The Hall–Kier alpha value is -2.69. The van der Waals surface area contributed by atoms with E-state index in [0.29, 0.717) is 16.7 Å². The molecule has 23 nitrogen and oxygen atoms in total. The maximum Gasteiger partial charge on any atom is 0.466 e. The number of ether oxygens (including phenoxy) is 1. The number of nitrogens with zero attached hydrogens (tertiary/aromatic N) is 4. The number of phenols is 1. The molecule has 28 heteroatoms. The van der Waals surface area contributed by atoms with Crippen LogP contribution in [0.15, 0.2) is 42.5 Å². The molecule has 2 aliphatic rings. The number of benzene rings is 2. The summed E-state index contributed by atoms with van der Waals surface area (Å²) in [6, 6.07) is 13.6. The van der Waals surface area contributed by atoms with Gasteiger partial charge in [0.25, 0.3) is 0 Å². The van der Waals surface area contributed by atoms with Crippen LogP contribution in [0.25, 0.3) is 21.9 Å². The molecule has 57 heavy (non-hydrogen) atoms. The minimum Gasteiger partial charge on any atom is -0.507 e. The van der Waals surface area contributed by atoms with Crippen molar-refractivity contribution >= 4 is 76.2 Å². The summed E-state index contributed by atoms with van der Waals surface area (Å²) < 4.78 is 41.0. The number of phosphoric acid groups is 4. The molecule has 320 valence electrons. The van der Waals surface area contributed by atoms with Crippen molar-refractivity contribution < 1.29 is 86.8 Å². The van der Waals surface area contributed by atoms with E-state index in [9.17, 15) is 5.11 Å². The number of hydrogen-bond acceptors (Lipinski definition) is 11. The molecule has 0 bridgehead atoms. The maximum atomic E-state index is 11.3. The number of aromatic nitrogens is 2. The lowest BCUT2D eigenvalue weighted by atomic mass is 10.0. The molecular formula is C29H44ClN5O18P4. The SMILES string of the molecule is COc1ccc2nc3cc(Cl)ccc3c(Nc3cc(CN4CCCC4)c(O)c(CN4CCCC4)c3)c2n1.O=P(O)(O)O.O=P(O)(O)O.O=P(O)(O)O.O=P(O)(O)O. The molecule has 0 saturated carbocycles. The van der Waals surface area contributed by atoms with Crippen LogP contribution in [-0.4, -0.2) is 117 Å². The van der Waals surface area contributed by atoms with Crippen molar-refractivity contribution in [2.75, 3.05) is 38.6 Å². The second kappa shape index (κ2) is 22.1. The first-order chi connectivity index (χ1) is 26.1. The van der Waals surface area contributed by atoms with E-state index in [2.05, 4.69) is 27.2 Å². The number of fused-ring (bicyclic) bond motifs is 2. The van der Waals surface area contributed by atoms with Crippen molar-refractivity contribution in [2.24, 2.45) is 0 Å². The lowest BCUT2D eigenvalue weighted by Gasteiger charge is -2.22. The average molecular weight is 910 g/mol. The van der Waals surface area contributed by atoms with E-state index >= 15 is 0 Å². The highest BCUT2D eigenvalue weighted by Crippen LogP contribution is 2.37. The molecule has 0 atom stereocenters. The third kappa shape index (κ3) is 22.3. The van der Waals surface area contributed by atoms with Gasteiger partial charge < -0.3 is 73.9 Å². The first-order valence-electron chi connectivity index (χ1n) is 16.2. The molecule has 0 aliphatic carbocycles. The maximum absolute atomic E-state index is 11.3. The van der Waals surface area contributed by atoms with Crippen molar-refractivity contribution in [3.63, 3.8) is 0 Å². The second-order valence-electron chi connectivity index (χ2n) is 12.2. The number of phenolic OH excluding ortho intramolecular Hbond substituents is 1. The van der Waals surface area contributed by atoms with Gasteiger partial charge in [0.1, 0.15) is 11.3 Å². The van der Waals surface area contributed by atoms with Gasteiger partial charge in [0.05, 0.1) is 23.8 Å². The Morgan fingerprint density at radius 2 is 1.07 bits per heavy atom. The molecule has 0 amide bonds. The average Bonchev–Trinajstić information content (AvgIpc) is 3.74. The van der Waals surface area contributed by atoms with Gasteiger partial charge in [-0.15, -0.1) is 0 Å². The van der Waals surface area contributed by atoms with Gasteiger partial charge in [-0.1, -0.05) is 11.6 Å². The van der Waals surface area contributed by atoms with Crippen LogP contribution in [0, 0.1) is 0 Å². The van der Waals surface area contributed by atoms with E-state index in [1.807, 2.05) is 30.3 Å². The van der Waals surface area contributed by atoms with Crippen LogP contribution in [0.2, 0.25) is 5.02 Å². The van der Waals surface area contributed by atoms with Crippen LogP contribution in [0.1, 0.15) is 36.8 Å². The molecule has 2 aromatic heterocycles. The van der Waals surface area contributed by atoms with E-state index in [4.69, 9.17) is 103 Å². The highest BCUT2D eigenvalue weighted by molar-refractivity contribution is 7.45. The van der Waals surface area contributed by atoms with Gasteiger partial charge in [-0.2, -0.15) is 0 Å². The van der Waals surface area contributed by atoms with Crippen LogP contribution in [0.3, 0.4) is 0 Å². The summed E-state index contributed by atoms with van der Waals surface area (Å²) in [6.45, 7) is 5.78. The topological polar surface area (TPSA) is 385 Å². The number of likely N-dealkylation sites (tertiary alicyclic amines) is 2. The van der Waals surface area contributed by atoms with Crippen LogP contribution in [0.5, 0.6) is 11.6 Å². The Morgan fingerprint density at radius 3 is 1.47 bits per heavy atom. The van der Waals surface area contributed by atoms with Gasteiger partial charge in [-0.05, 0) is 88.3 Å². The van der Waals surface area contributed by atoms with E-state index < -0.39 is 31.3 Å². The van der Waals surface area contributed by atoms with Gasteiger partial charge in [0, 0.05) is 46.4 Å². The molecule has 0 unspecified atom stereocenters. The third-order valence-corrected chi connectivity index (χ3v) is 7.72. The Kier molecular flexibility index (Phi) is 19.5. The number of hydrogen-bond donors (Lipinski definition) is 14. The molecule has 14 N–H and O–H groups in total. The summed E-state index contributed by atoms with van der Waals surface area (Å²) in [6.07, 6.45) is 4.85. The van der Waals surface area contributed by atoms with Crippen molar-refractivity contribution in [3.8, 4) is 11.6 Å². The molecule has 4 aromatic rings. The van der Waals surface area contributed by atoms with Gasteiger partial charge >= 0.3 is 31.3 Å². The van der Waals surface area contributed by atoms with Crippen LogP contribution in [0.4, 0.5) is 11.4 Å². The lowest BCUT2D eigenvalue weighted by molar-refractivity contribution is 0.272. The zero-order chi connectivity index (χ0) is 43.4. The van der Waals surface area contributed by atoms with E-state index in [1.54, 1.807) is 7.11 Å². The van der Waals surface area contributed by atoms with Crippen LogP contribution in [-0.2, 0) is 31.3 Å². The first-order valence-corrected chi connectivity index (χ1v) is 22.8. The lowest BCUT2D eigenvalue weighted by Crippen LogP contribution is -2.20. The third-order valence-electron chi connectivity index (χ3n) is 7.49. The summed E-state index contributed by atoms with van der Waals surface area (Å²) in [5.41, 5.74) is 5.96. The number of anilines is 2. The summed E-state index contributed by atoms with van der Waals surface area (Å²) in [4.78, 5) is 101. The molecule has 2 aliphatic heterocycles. The Bertz CT molecular complexity index is 1980. The normalized spacial score (nSPS) is 15.0. The predicted octanol–water partition coefficient (Wildman–Crippen LogP) is 2.37. The molecule has 6 rings (SSSR count). The number of halogens is 1. The number of rotatable bonds is 7. The molecule has 2 fully saturated rings. The smallest absolute Gasteiger partial charge is 0.466 e. The highest BCUT2D eigenvalue weighted by Gasteiger charge is 2.21. The second-order valence-corrected chi connectivity index (χ2v) is 16.7. The van der Waals surface area contributed by atoms with Crippen molar-refractivity contribution in [1.82, 2.24) is 19.8 Å². The number of aromatic hydroxyl groups is 1. The number of nitrogens with one attached hydrogen (secondary N) is 1. The minimum atomic E-state index is -4.64. The molecule has 2 saturated heterocycles. The van der Waals surface area contributed by atoms with Crippen LogP contribution < -0.4 is 10.1 Å². The fourth-order valence-corrected chi connectivity index (χ4v) is 5.76. The summed E-state index contributed by atoms with van der Waals surface area (Å²) >= 11 is 6.32. The van der Waals surface area contributed by atoms with E-state index in [0.717, 1.165) is 83.7 Å². The summed E-state index contributed by atoms with van der Waals surface area (Å²) in [5.74, 6) is 0.946. The highest BCUT2D eigenvalue weighted by atomic mass is 35.5. The van der Waals surface area contributed by atoms with Gasteiger partial charge in [-0.25, -0.2) is 28.2 Å². The van der Waals surface area contributed by atoms with Crippen molar-refractivity contribution in [1.29, 1.82) is 0 Å². The predicted molar refractivity (Wildman–Crippen MR) is 206 cm³/mol. The monoisotopic (exact) mass is 909 g/mol. The van der Waals surface area contributed by atoms with Gasteiger partial charge in [0.2, 0.25) is 5.88 Å². The number of methoxy groups -OCH3 is 1. The first kappa shape index (κ1) is 50.5. The Balaban J connectivity index is 0.000000465. The van der Waals surface area contributed by atoms with Crippen LogP contribution >= 0.6 is 42.9 Å². The fourth-order valence-electron chi connectivity index (χ4n) is 5.60. The quantitative estimate of drug-likeness (QED) is 0.0719.